The highest BCUT2D eigenvalue weighted by Crippen LogP contribution is 2.24. The summed E-state index contributed by atoms with van der Waals surface area (Å²) in [4.78, 5) is 4.03. The Bertz CT molecular complexity index is 543. The largest absolute Gasteiger partial charge is 0.337 e. The van der Waals surface area contributed by atoms with E-state index in [2.05, 4.69) is 16.1 Å². The standard InChI is InChI=1S/C15H25N3O2S/c1-14(2)12-21(19,20)18-9-5-15(6-10-18)4-3-8-17-11-7-16-13-17/h7,11,13,15H,1,3-6,8-10,12H2,2H3. The van der Waals surface area contributed by atoms with E-state index in [1.807, 2.05) is 12.5 Å². The van der Waals surface area contributed by atoms with Crippen LogP contribution in [-0.2, 0) is 16.6 Å². The van der Waals surface area contributed by atoms with Gasteiger partial charge in [0.1, 0.15) is 0 Å². The van der Waals surface area contributed by atoms with Crippen molar-refractivity contribution in [2.75, 3.05) is 18.8 Å². The lowest BCUT2D eigenvalue weighted by atomic mass is 9.93. The molecule has 0 N–H and O–H groups in total. The summed E-state index contributed by atoms with van der Waals surface area (Å²) >= 11 is 0. The van der Waals surface area contributed by atoms with Crippen LogP contribution >= 0.6 is 0 Å². The van der Waals surface area contributed by atoms with E-state index >= 15 is 0 Å². The number of hydrogen-bond acceptors (Lipinski definition) is 3. The molecule has 0 aromatic carbocycles. The van der Waals surface area contributed by atoms with Gasteiger partial charge in [0.05, 0.1) is 12.1 Å². The Morgan fingerprint density at radius 2 is 2.10 bits per heavy atom. The zero-order valence-electron chi connectivity index (χ0n) is 12.7. The first kappa shape index (κ1) is 16.2. The lowest BCUT2D eigenvalue weighted by Gasteiger charge is -2.31. The van der Waals surface area contributed by atoms with Gasteiger partial charge in [-0.15, -0.1) is 0 Å². The van der Waals surface area contributed by atoms with E-state index in [9.17, 15) is 8.42 Å². The number of piperidine rings is 1. The summed E-state index contributed by atoms with van der Waals surface area (Å²) in [7, 11) is -3.14. The molecule has 2 rings (SSSR count). The maximum Gasteiger partial charge on any atom is 0.217 e. The predicted octanol–water partition coefficient (Wildman–Crippen LogP) is 2.28. The van der Waals surface area contributed by atoms with Crippen LogP contribution in [0.2, 0.25) is 0 Å². The van der Waals surface area contributed by atoms with Crippen LogP contribution in [0.1, 0.15) is 32.6 Å². The number of rotatable bonds is 7. The molecule has 1 fully saturated rings. The minimum atomic E-state index is -3.14. The molecule has 0 unspecified atom stereocenters. The zero-order chi connectivity index (χ0) is 15.3. The van der Waals surface area contributed by atoms with Crippen LogP contribution in [0.5, 0.6) is 0 Å². The maximum atomic E-state index is 12.1. The number of hydrogen-bond donors (Lipinski definition) is 0. The average molecular weight is 311 g/mol. The first-order chi connectivity index (χ1) is 9.97. The second kappa shape index (κ2) is 7.22. The monoisotopic (exact) mass is 311 g/mol. The Morgan fingerprint density at radius 1 is 1.38 bits per heavy atom. The van der Waals surface area contributed by atoms with Crippen molar-refractivity contribution in [3.8, 4) is 0 Å². The smallest absolute Gasteiger partial charge is 0.217 e. The number of nitrogens with zero attached hydrogens (tertiary/aromatic N) is 3. The molecule has 6 heteroatoms. The summed E-state index contributed by atoms with van der Waals surface area (Å²) in [5, 5.41) is 0. The van der Waals surface area contributed by atoms with Crippen LogP contribution in [0.4, 0.5) is 0 Å². The molecule has 1 saturated heterocycles. The molecule has 0 radical (unpaired) electrons. The molecule has 0 amide bonds. The Balaban J connectivity index is 1.72. The van der Waals surface area contributed by atoms with Gasteiger partial charge in [-0.3, -0.25) is 0 Å². The Labute approximate surface area is 127 Å². The predicted molar refractivity (Wildman–Crippen MR) is 84.4 cm³/mol. The first-order valence-electron chi connectivity index (χ1n) is 7.55. The van der Waals surface area contributed by atoms with Gasteiger partial charge < -0.3 is 4.57 Å². The summed E-state index contributed by atoms with van der Waals surface area (Å²) in [5.74, 6) is 0.725. The molecule has 2 heterocycles. The molecule has 0 spiro atoms. The van der Waals surface area contributed by atoms with Crippen molar-refractivity contribution in [2.45, 2.75) is 39.2 Å². The second-order valence-electron chi connectivity index (χ2n) is 6.00. The van der Waals surface area contributed by atoms with E-state index in [1.54, 1.807) is 17.4 Å². The molecule has 0 aliphatic carbocycles. The third-order valence-electron chi connectivity index (χ3n) is 3.98. The van der Waals surface area contributed by atoms with Crippen molar-refractivity contribution in [1.29, 1.82) is 0 Å². The zero-order valence-corrected chi connectivity index (χ0v) is 13.6. The van der Waals surface area contributed by atoms with Gasteiger partial charge in [-0.2, -0.15) is 0 Å². The molecule has 0 atom stereocenters. The highest BCUT2D eigenvalue weighted by atomic mass is 32.2. The fourth-order valence-electron chi connectivity index (χ4n) is 2.86. The van der Waals surface area contributed by atoms with Crippen LogP contribution < -0.4 is 0 Å². The number of aryl methyl sites for hydroxylation is 1. The van der Waals surface area contributed by atoms with E-state index in [0.29, 0.717) is 24.6 Å². The number of imidazole rings is 1. The molecule has 21 heavy (non-hydrogen) atoms. The fourth-order valence-corrected chi connectivity index (χ4v) is 4.43. The van der Waals surface area contributed by atoms with E-state index in [1.165, 1.54) is 0 Å². The van der Waals surface area contributed by atoms with Gasteiger partial charge in [0.15, 0.2) is 0 Å². The minimum Gasteiger partial charge on any atom is -0.337 e. The lowest BCUT2D eigenvalue weighted by Crippen LogP contribution is -2.39. The third kappa shape index (κ3) is 4.97. The van der Waals surface area contributed by atoms with Crippen LogP contribution in [0.15, 0.2) is 30.9 Å². The molecule has 1 aromatic rings. The van der Waals surface area contributed by atoms with Crippen molar-refractivity contribution < 1.29 is 8.42 Å². The summed E-state index contributed by atoms with van der Waals surface area (Å²) in [6.45, 7) is 7.78. The van der Waals surface area contributed by atoms with E-state index in [0.717, 1.165) is 32.2 Å². The van der Waals surface area contributed by atoms with Gasteiger partial charge in [0, 0.05) is 32.0 Å². The van der Waals surface area contributed by atoms with E-state index in [-0.39, 0.29) is 5.75 Å². The Morgan fingerprint density at radius 3 is 2.67 bits per heavy atom. The quantitative estimate of drug-likeness (QED) is 0.726. The van der Waals surface area contributed by atoms with Crippen molar-refractivity contribution >= 4 is 10.0 Å². The highest BCUT2D eigenvalue weighted by Gasteiger charge is 2.27. The van der Waals surface area contributed by atoms with Gasteiger partial charge in [0.25, 0.3) is 0 Å². The van der Waals surface area contributed by atoms with Crippen molar-refractivity contribution in [3.63, 3.8) is 0 Å². The molecule has 118 valence electrons. The molecule has 0 saturated carbocycles. The van der Waals surface area contributed by atoms with Gasteiger partial charge in [-0.05, 0) is 38.5 Å². The van der Waals surface area contributed by atoms with Crippen LogP contribution in [0.3, 0.4) is 0 Å². The third-order valence-corrected chi connectivity index (χ3v) is 5.99. The van der Waals surface area contributed by atoms with Gasteiger partial charge >= 0.3 is 0 Å². The SMILES string of the molecule is C=C(C)CS(=O)(=O)N1CCC(CCCn2ccnc2)CC1. The molecule has 0 bridgehead atoms. The fraction of sp³-hybridized carbons (Fsp3) is 0.667. The van der Waals surface area contributed by atoms with Crippen LogP contribution in [0, 0.1) is 5.92 Å². The Kier molecular flexibility index (Phi) is 5.58. The molecule has 1 aliphatic heterocycles. The summed E-state index contributed by atoms with van der Waals surface area (Å²) in [5.41, 5.74) is 0.706. The van der Waals surface area contributed by atoms with E-state index in [4.69, 9.17) is 0 Å². The maximum absolute atomic E-state index is 12.1. The van der Waals surface area contributed by atoms with Crippen LogP contribution in [0.25, 0.3) is 0 Å². The summed E-state index contributed by atoms with van der Waals surface area (Å²) in [6.07, 6.45) is 9.84. The van der Waals surface area contributed by atoms with Crippen LogP contribution in [-0.4, -0.2) is 41.1 Å². The highest BCUT2D eigenvalue weighted by molar-refractivity contribution is 7.89. The summed E-state index contributed by atoms with van der Waals surface area (Å²) < 4.78 is 28.0. The van der Waals surface area contributed by atoms with Crippen molar-refractivity contribution in [1.82, 2.24) is 13.9 Å². The molecular formula is C15H25N3O2S. The Hall–Kier alpha value is -1.14. The van der Waals surface area contributed by atoms with Gasteiger partial charge in [-0.25, -0.2) is 17.7 Å². The number of aromatic nitrogens is 2. The average Bonchev–Trinajstić information content (AvgIpc) is 2.91. The summed E-state index contributed by atoms with van der Waals surface area (Å²) in [6, 6.07) is 0. The first-order valence-corrected chi connectivity index (χ1v) is 9.16. The number of sulfonamides is 1. The van der Waals surface area contributed by atoms with Gasteiger partial charge in [-0.1, -0.05) is 12.2 Å². The normalized spacial score (nSPS) is 18.0. The van der Waals surface area contributed by atoms with Crippen molar-refractivity contribution in [2.24, 2.45) is 5.92 Å². The molecule has 1 aliphatic rings. The van der Waals surface area contributed by atoms with Crippen molar-refractivity contribution in [3.05, 3.63) is 30.9 Å². The minimum absolute atomic E-state index is 0.0816. The second-order valence-corrected chi connectivity index (χ2v) is 7.97. The molecule has 1 aromatic heterocycles. The lowest BCUT2D eigenvalue weighted by molar-refractivity contribution is 0.258. The molecular weight excluding hydrogens is 286 g/mol. The van der Waals surface area contributed by atoms with Gasteiger partial charge in [0.2, 0.25) is 10.0 Å². The topological polar surface area (TPSA) is 55.2 Å². The van der Waals surface area contributed by atoms with E-state index < -0.39 is 10.0 Å². The molecule has 5 nitrogen and oxygen atoms in total.